The van der Waals surface area contributed by atoms with E-state index in [4.69, 9.17) is 14.2 Å². The normalized spacial score (nSPS) is 20.2. The van der Waals surface area contributed by atoms with Crippen LogP contribution in [0.1, 0.15) is 31.2 Å². The van der Waals surface area contributed by atoms with Gasteiger partial charge in [0.1, 0.15) is 6.61 Å². The Labute approximate surface area is 143 Å². The molecule has 0 N–H and O–H groups in total. The van der Waals surface area contributed by atoms with Gasteiger partial charge in [-0.3, -0.25) is 0 Å². The van der Waals surface area contributed by atoms with E-state index in [2.05, 4.69) is 0 Å². The topological polar surface area (TPSA) is 48.0 Å². The van der Waals surface area contributed by atoms with Gasteiger partial charge in [-0.05, 0) is 31.2 Å². The predicted octanol–water partition coefficient (Wildman–Crippen LogP) is 3.43. The van der Waals surface area contributed by atoms with Crippen molar-refractivity contribution in [3.8, 4) is 0 Å². The summed E-state index contributed by atoms with van der Waals surface area (Å²) >= 11 is 0. The van der Waals surface area contributed by atoms with Crippen LogP contribution in [0, 0.1) is 11.3 Å². The van der Waals surface area contributed by atoms with Gasteiger partial charge in [0, 0.05) is 38.6 Å². The van der Waals surface area contributed by atoms with Crippen LogP contribution < -0.4 is 0 Å². The number of carbonyl (C=O) groups excluding carboxylic acids is 1. The molecule has 0 unspecified atom stereocenters. The second-order valence-electron chi connectivity index (χ2n) is 7.07. The standard InChI is InChI=1S/C19H27NO4/c1-22-17(23-2)16-8-10-19(11-9-16)13-20(14-19)18(21)24-12-15-6-4-3-5-7-15/h3-7,16-17H,8-14H2,1-2H3. The third kappa shape index (κ3) is 3.73. The van der Waals surface area contributed by atoms with Gasteiger partial charge in [-0.15, -0.1) is 0 Å². The van der Waals surface area contributed by atoms with Gasteiger partial charge in [0.15, 0.2) is 6.29 Å². The van der Waals surface area contributed by atoms with Crippen LogP contribution in [-0.4, -0.2) is 44.6 Å². The molecule has 2 aliphatic rings. The minimum absolute atomic E-state index is 0.102. The second-order valence-corrected chi connectivity index (χ2v) is 7.07. The lowest BCUT2D eigenvalue weighted by atomic mass is 9.66. The number of rotatable bonds is 5. The lowest BCUT2D eigenvalue weighted by Crippen LogP contribution is -2.59. The third-order valence-corrected chi connectivity index (χ3v) is 5.46. The van der Waals surface area contributed by atoms with E-state index in [-0.39, 0.29) is 17.8 Å². The molecule has 0 atom stereocenters. The van der Waals surface area contributed by atoms with Crippen molar-refractivity contribution >= 4 is 6.09 Å². The van der Waals surface area contributed by atoms with Crippen molar-refractivity contribution < 1.29 is 19.0 Å². The van der Waals surface area contributed by atoms with Gasteiger partial charge in [-0.25, -0.2) is 4.79 Å². The van der Waals surface area contributed by atoms with E-state index < -0.39 is 0 Å². The number of amides is 1. The van der Waals surface area contributed by atoms with E-state index in [0.29, 0.717) is 12.5 Å². The number of likely N-dealkylation sites (tertiary alicyclic amines) is 1. The summed E-state index contributed by atoms with van der Waals surface area (Å²) in [5.41, 5.74) is 1.31. The highest BCUT2D eigenvalue weighted by molar-refractivity contribution is 5.69. The fourth-order valence-electron chi connectivity index (χ4n) is 4.03. The average Bonchev–Trinajstić information content (AvgIpc) is 2.60. The van der Waals surface area contributed by atoms with Gasteiger partial charge in [0.2, 0.25) is 0 Å². The van der Waals surface area contributed by atoms with Gasteiger partial charge in [0.25, 0.3) is 0 Å². The van der Waals surface area contributed by atoms with Crippen molar-refractivity contribution in [2.45, 2.75) is 38.6 Å². The minimum Gasteiger partial charge on any atom is -0.445 e. The van der Waals surface area contributed by atoms with Crippen LogP contribution in [0.15, 0.2) is 30.3 Å². The lowest BCUT2D eigenvalue weighted by Gasteiger charge is -2.53. The van der Waals surface area contributed by atoms with Crippen molar-refractivity contribution in [1.29, 1.82) is 0 Å². The molecule has 0 radical (unpaired) electrons. The van der Waals surface area contributed by atoms with E-state index in [1.807, 2.05) is 35.2 Å². The molecular weight excluding hydrogens is 306 g/mol. The first-order valence-corrected chi connectivity index (χ1v) is 8.67. The maximum absolute atomic E-state index is 12.2. The van der Waals surface area contributed by atoms with Gasteiger partial charge in [0.05, 0.1) is 0 Å². The molecule has 1 saturated carbocycles. The Kier molecular flexibility index (Phi) is 5.41. The first kappa shape index (κ1) is 17.2. The zero-order chi connectivity index (χ0) is 17.0. The molecule has 1 aromatic rings. The van der Waals surface area contributed by atoms with Crippen LogP contribution in [0.4, 0.5) is 4.79 Å². The molecule has 1 spiro atoms. The number of benzene rings is 1. The molecule has 5 nitrogen and oxygen atoms in total. The quantitative estimate of drug-likeness (QED) is 0.775. The van der Waals surface area contributed by atoms with Crippen molar-refractivity contribution in [2.75, 3.05) is 27.3 Å². The fraction of sp³-hybridized carbons (Fsp3) is 0.632. The molecule has 1 saturated heterocycles. The molecule has 5 heteroatoms. The number of carbonyl (C=O) groups is 1. The summed E-state index contributed by atoms with van der Waals surface area (Å²) in [5.74, 6) is 0.463. The van der Waals surface area contributed by atoms with Gasteiger partial charge >= 0.3 is 6.09 Å². The monoisotopic (exact) mass is 333 g/mol. The van der Waals surface area contributed by atoms with Crippen molar-refractivity contribution in [3.05, 3.63) is 35.9 Å². The summed E-state index contributed by atoms with van der Waals surface area (Å²) in [7, 11) is 3.40. The molecule has 1 aliphatic heterocycles. The molecule has 1 aliphatic carbocycles. The first-order valence-electron chi connectivity index (χ1n) is 8.67. The van der Waals surface area contributed by atoms with Crippen LogP contribution in [0.5, 0.6) is 0 Å². The van der Waals surface area contributed by atoms with Gasteiger partial charge in [-0.1, -0.05) is 30.3 Å². The highest BCUT2D eigenvalue weighted by Crippen LogP contribution is 2.46. The maximum Gasteiger partial charge on any atom is 0.410 e. The van der Waals surface area contributed by atoms with E-state index in [1.165, 1.54) is 0 Å². The zero-order valence-electron chi connectivity index (χ0n) is 14.6. The van der Waals surface area contributed by atoms with Crippen molar-refractivity contribution in [3.63, 3.8) is 0 Å². The Morgan fingerprint density at radius 1 is 1.17 bits per heavy atom. The van der Waals surface area contributed by atoms with Crippen molar-refractivity contribution in [2.24, 2.45) is 11.3 Å². The summed E-state index contributed by atoms with van der Waals surface area (Å²) in [5, 5.41) is 0. The summed E-state index contributed by atoms with van der Waals surface area (Å²) in [6.07, 6.45) is 4.15. The average molecular weight is 333 g/mol. The molecule has 1 amide bonds. The number of methoxy groups -OCH3 is 2. The summed E-state index contributed by atoms with van der Waals surface area (Å²) in [4.78, 5) is 14.0. The highest BCUT2D eigenvalue weighted by Gasteiger charge is 2.48. The Bertz CT molecular complexity index is 528. The van der Waals surface area contributed by atoms with E-state index in [9.17, 15) is 4.79 Å². The maximum atomic E-state index is 12.2. The Morgan fingerprint density at radius 2 is 1.79 bits per heavy atom. The lowest BCUT2D eigenvalue weighted by molar-refractivity contribution is -0.156. The highest BCUT2D eigenvalue weighted by atomic mass is 16.7. The van der Waals surface area contributed by atoms with Crippen molar-refractivity contribution in [1.82, 2.24) is 4.90 Å². The van der Waals surface area contributed by atoms with Crippen LogP contribution in [0.3, 0.4) is 0 Å². The van der Waals surface area contributed by atoms with Gasteiger partial charge in [-0.2, -0.15) is 0 Å². The third-order valence-electron chi connectivity index (χ3n) is 5.46. The van der Waals surface area contributed by atoms with E-state index in [0.717, 1.165) is 44.3 Å². The number of nitrogens with zero attached hydrogens (tertiary/aromatic N) is 1. The second kappa shape index (κ2) is 7.53. The van der Waals surface area contributed by atoms with E-state index in [1.54, 1.807) is 14.2 Å². The predicted molar refractivity (Wildman–Crippen MR) is 90.4 cm³/mol. The summed E-state index contributed by atoms with van der Waals surface area (Å²) in [6.45, 7) is 1.98. The minimum atomic E-state index is -0.196. The molecule has 0 bridgehead atoms. The van der Waals surface area contributed by atoms with Crippen LogP contribution in [-0.2, 0) is 20.8 Å². The number of hydrogen-bond donors (Lipinski definition) is 0. The molecule has 3 rings (SSSR count). The van der Waals surface area contributed by atoms with Crippen LogP contribution in [0.25, 0.3) is 0 Å². The Hall–Kier alpha value is -1.59. The summed E-state index contributed by atoms with van der Waals surface area (Å²) < 4.78 is 16.2. The number of ether oxygens (including phenoxy) is 3. The Balaban J connectivity index is 1.41. The first-order chi connectivity index (χ1) is 11.7. The van der Waals surface area contributed by atoms with E-state index >= 15 is 0 Å². The molecule has 2 fully saturated rings. The number of hydrogen-bond acceptors (Lipinski definition) is 4. The zero-order valence-corrected chi connectivity index (χ0v) is 14.6. The van der Waals surface area contributed by atoms with Crippen LogP contribution in [0.2, 0.25) is 0 Å². The SMILES string of the molecule is COC(OC)C1CCC2(CC1)CN(C(=O)OCc1ccccc1)C2. The Morgan fingerprint density at radius 3 is 2.38 bits per heavy atom. The fourth-order valence-corrected chi connectivity index (χ4v) is 4.03. The molecule has 24 heavy (non-hydrogen) atoms. The molecule has 132 valence electrons. The molecular formula is C19H27NO4. The van der Waals surface area contributed by atoms with Crippen LogP contribution >= 0.6 is 0 Å². The summed E-state index contributed by atoms with van der Waals surface area (Å²) in [6, 6.07) is 9.79. The molecule has 1 aromatic carbocycles. The smallest absolute Gasteiger partial charge is 0.410 e. The largest absolute Gasteiger partial charge is 0.445 e. The van der Waals surface area contributed by atoms with Gasteiger partial charge < -0.3 is 19.1 Å². The molecule has 1 heterocycles. The molecule has 0 aromatic heterocycles.